The fourth-order valence-electron chi connectivity index (χ4n) is 2.27. The number of nitriles is 1. The minimum absolute atomic E-state index is 0.254. The first kappa shape index (κ1) is 12.8. The first-order valence-corrected chi connectivity index (χ1v) is 6.48. The minimum Gasteiger partial charge on any atom is -0.419 e. The molecule has 6 heteroatoms. The molecule has 0 amide bonds. The molecule has 1 aromatic heterocycles. The fraction of sp³-hybridized carbons (Fsp3) is 0.357. The zero-order chi connectivity index (χ0) is 13.9. The van der Waals surface area contributed by atoms with Crippen molar-refractivity contribution in [2.24, 2.45) is 0 Å². The van der Waals surface area contributed by atoms with Crippen molar-refractivity contribution in [3.63, 3.8) is 0 Å². The van der Waals surface area contributed by atoms with E-state index >= 15 is 0 Å². The average Bonchev–Trinajstić information content (AvgIpc) is 3.09. The summed E-state index contributed by atoms with van der Waals surface area (Å²) in [6, 6.07) is 9.08. The molecule has 1 aromatic carbocycles. The van der Waals surface area contributed by atoms with Crippen LogP contribution in [0.2, 0.25) is 0 Å². The Hall–Kier alpha value is -2.23. The number of rotatable bonds is 3. The maximum Gasteiger partial charge on any atom is 0.247 e. The first-order valence-electron chi connectivity index (χ1n) is 6.48. The third-order valence-electron chi connectivity index (χ3n) is 3.33. The minimum atomic E-state index is -0.254. The molecule has 2 aromatic rings. The van der Waals surface area contributed by atoms with Crippen LogP contribution >= 0.6 is 0 Å². The van der Waals surface area contributed by atoms with Gasteiger partial charge in [-0.2, -0.15) is 5.26 Å². The summed E-state index contributed by atoms with van der Waals surface area (Å²) in [5.74, 6) is 0.989. The van der Waals surface area contributed by atoms with Crippen molar-refractivity contribution in [1.29, 1.82) is 5.26 Å². The van der Waals surface area contributed by atoms with Gasteiger partial charge < -0.3 is 9.52 Å². The van der Waals surface area contributed by atoms with Crippen LogP contribution in [0.15, 0.2) is 28.7 Å². The van der Waals surface area contributed by atoms with E-state index in [4.69, 9.17) is 9.68 Å². The van der Waals surface area contributed by atoms with E-state index in [-0.39, 0.29) is 6.10 Å². The van der Waals surface area contributed by atoms with E-state index in [0.717, 1.165) is 18.5 Å². The van der Waals surface area contributed by atoms with E-state index in [0.29, 0.717) is 30.4 Å². The van der Waals surface area contributed by atoms with Gasteiger partial charge in [-0.15, -0.1) is 10.2 Å². The molecule has 0 saturated carbocycles. The van der Waals surface area contributed by atoms with E-state index in [2.05, 4.69) is 21.2 Å². The lowest BCUT2D eigenvalue weighted by molar-refractivity contribution is 0.171. The number of benzene rings is 1. The molecule has 3 rings (SSSR count). The summed E-state index contributed by atoms with van der Waals surface area (Å²) in [7, 11) is 0. The topological polar surface area (TPSA) is 86.2 Å². The van der Waals surface area contributed by atoms with Crippen LogP contribution in [0.1, 0.15) is 17.9 Å². The molecule has 6 nitrogen and oxygen atoms in total. The zero-order valence-electron chi connectivity index (χ0n) is 10.9. The molecule has 1 fully saturated rings. The van der Waals surface area contributed by atoms with E-state index in [1.54, 1.807) is 24.3 Å². The molecule has 0 radical (unpaired) electrons. The predicted octanol–water partition coefficient (Wildman–Crippen LogP) is 1.17. The van der Waals surface area contributed by atoms with Crippen molar-refractivity contribution >= 4 is 0 Å². The Morgan fingerprint density at radius 2 is 2.15 bits per heavy atom. The Morgan fingerprint density at radius 1 is 1.35 bits per heavy atom. The summed E-state index contributed by atoms with van der Waals surface area (Å²) in [5, 5.41) is 26.3. The Morgan fingerprint density at radius 3 is 2.80 bits per heavy atom. The molecule has 0 unspecified atom stereocenters. The molecule has 0 bridgehead atoms. The van der Waals surface area contributed by atoms with Crippen molar-refractivity contribution < 1.29 is 9.52 Å². The molecule has 1 atom stereocenters. The normalized spacial score (nSPS) is 19.1. The molecule has 1 saturated heterocycles. The summed E-state index contributed by atoms with van der Waals surface area (Å²) in [6.45, 7) is 2.05. The molecule has 20 heavy (non-hydrogen) atoms. The van der Waals surface area contributed by atoms with Crippen molar-refractivity contribution in [3.05, 3.63) is 35.7 Å². The maximum absolute atomic E-state index is 9.48. The Labute approximate surface area is 116 Å². The Balaban J connectivity index is 1.71. The molecule has 0 spiro atoms. The van der Waals surface area contributed by atoms with Crippen LogP contribution in [0.4, 0.5) is 0 Å². The fourth-order valence-corrected chi connectivity index (χ4v) is 2.27. The highest BCUT2D eigenvalue weighted by atomic mass is 16.4. The number of β-amino-alcohol motifs (C(OH)–C–C–N with tert-alkyl or cyclic N) is 1. The van der Waals surface area contributed by atoms with Gasteiger partial charge in [-0.3, -0.25) is 4.90 Å². The second kappa shape index (κ2) is 5.41. The van der Waals surface area contributed by atoms with Crippen LogP contribution in [0, 0.1) is 11.3 Å². The Kier molecular flexibility index (Phi) is 3.46. The number of hydrogen-bond acceptors (Lipinski definition) is 6. The van der Waals surface area contributed by atoms with E-state index in [1.807, 2.05) is 0 Å². The summed E-state index contributed by atoms with van der Waals surface area (Å²) in [6.07, 6.45) is 0.535. The number of aliphatic hydroxyl groups excluding tert-OH is 1. The third-order valence-corrected chi connectivity index (χ3v) is 3.33. The Bertz CT molecular complexity index is 629. The summed E-state index contributed by atoms with van der Waals surface area (Å²) in [4.78, 5) is 2.08. The highest BCUT2D eigenvalue weighted by Gasteiger charge is 2.22. The number of aromatic nitrogens is 2. The van der Waals surface area contributed by atoms with Crippen LogP contribution in [0.5, 0.6) is 0 Å². The molecular formula is C14H14N4O2. The van der Waals surface area contributed by atoms with Crippen LogP contribution < -0.4 is 0 Å². The number of aliphatic hydroxyl groups is 1. The highest BCUT2D eigenvalue weighted by Crippen LogP contribution is 2.20. The van der Waals surface area contributed by atoms with Gasteiger partial charge in [0.25, 0.3) is 0 Å². The highest BCUT2D eigenvalue weighted by molar-refractivity contribution is 5.54. The monoisotopic (exact) mass is 270 g/mol. The lowest BCUT2D eigenvalue weighted by Gasteiger charge is -2.10. The molecule has 1 aliphatic heterocycles. The third kappa shape index (κ3) is 2.69. The van der Waals surface area contributed by atoms with Crippen LogP contribution in [-0.4, -0.2) is 39.4 Å². The second-order valence-corrected chi connectivity index (χ2v) is 4.87. The van der Waals surface area contributed by atoms with Gasteiger partial charge in [-0.05, 0) is 30.7 Å². The summed E-state index contributed by atoms with van der Waals surface area (Å²) in [5.41, 5.74) is 1.39. The van der Waals surface area contributed by atoms with Gasteiger partial charge in [0.1, 0.15) is 0 Å². The van der Waals surface area contributed by atoms with Crippen molar-refractivity contribution in [2.75, 3.05) is 13.1 Å². The van der Waals surface area contributed by atoms with Crippen molar-refractivity contribution in [3.8, 4) is 17.5 Å². The largest absolute Gasteiger partial charge is 0.419 e. The number of nitrogens with zero attached hydrogens (tertiary/aromatic N) is 4. The van der Waals surface area contributed by atoms with Gasteiger partial charge in [0.2, 0.25) is 11.8 Å². The molecule has 0 aliphatic carbocycles. The van der Waals surface area contributed by atoms with Crippen LogP contribution in [0.3, 0.4) is 0 Å². The first-order chi connectivity index (χ1) is 9.74. The van der Waals surface area contributed by atoms with E-state index in [9.17, 15) is 5.11 Å². The van der Waals surface area contributed by atoms with Crippen LogP contribution in [-0.2, 0) is 6.54 Å². The van der Waals surface area contributed by atoms with E-state index in [1.165, 1.54) is 0 Å². The number of hydrogen-bond donors (Lipinski definition) is 1. The van der Waals surface area contributed by atoms with E-state index < -0.39 is 0 Å². The molecular weight excluding hydrogens is 256 g/mol. The van der Waals surface area contributed by atoms with Gasteiger partial charge in [0.05, 0.1) is 24.3 Å². The van der Waals surface area contributed by atoms with Crippen molar-refractivity contribution in [1.82, 2.24) is 15.1 Å². The lowest BCUT2D eigenvalue weighted by atomic mass is 10.1. The second-order valence-electron chi connectivity index (χ2n) is 4.87. The molecule has 102 valence electrons. The maximum atomic E-state index is 9.48. The van der Waals surface area contributed by atoms with Gasteiger partial charge in [0.15, 0.2) is 0 Å². The number of likely N-dealkylation sites (tertiary alicyclic amines) is 1. The van der Waals surface area contributed by atoms with Gasteiger partial charge in [-0.25, -0.2) is 0 Å². The average molecular weight is 270 g/mol. The van der Waals surface area contributed by atoms with Crippen molar-refractivity contribution in [2.45, 2.75) is 19.1 Å². The SMILES string of the molecule is N#Cc1ccc(-c2nnc(CN3CC[C@H](O)C3)o2)cc1. The molecule has 1 N–H and O–H groups in total. The lowest BCUT2D eigenvalue weighted by Crippen LogP contribution is -2.21. The summed E-state index contributed by atoms with van der Waals surface area (Å²) >= 11 is 0. The molecule has 1 aliphatic rings. The van der Waals surface area contributed by atoms with Gasteiger partial charge in [-0.1, -0.05) is 0 Å². The quantitative estimate of drug-likeness (QED) is 0.901. The molecule has 2 heterocycles. The predicted molar refractivity (Wildman–Crippen MR) is 70.3 cm³/mol. The summed E-state index contributed by atoms with van der Waals surface area (Å²) < 4.78 is 5.61. The standard InChI is InChI=1S/C14H14N4O2/c15-7-10-1-3-11(4-2-10)14-17-16-13(20-14)9-18-6-5-12(19)8-18/h1-4,12,19H,5-6,8-9H2/t12-/m0/s1. The van der Waals surface area contributed by atoms with Gasteiger partial charge >= 0.3 is 0 Å². The van der Waals surface area contributed by atoms with Crippen LogP contribution in [0.25, 0.3) is 11.5 Å². The zero-order valence-corrected chi connectivity index (χ0v) is 10.9. The smallest absolute Gasteiger partial charge is 0.247 e. The van der Waals surface area contributed by atoms with Gasteiger partial charge in [0, 0.05) is 18.7 Å².